The summed E-state index contributed by atoms with van der Waals surface area (Å²) in [5.41, 5.74) is 8.19. The molecule has 7 heteroatoms. The van der Waals surface area contributed by atoms with E-state index in [-0.39, 0.29) is 24.8 Å². The van der Waals surface area contributed by atoms with Gasteiger partial charge in [-0.15, -0.1) is 23.7 Å². The lowest BCUT2D eigenvalue weighted by molar-refractivity contribution is -0.692. The largest absolute Gasteiger partial charge is 1.00 e. The summed E-state index contributed by atoms with van der Waals surface area (Å²) in [6.07, 6.45) is 4.81. The van der Waals surface area contributed by atoms with E-state index in [1.165, 1.54) is 15.8 Å². The van der Waals surface area contributed by atoms with Crippen LogP contribution in [0.1, 0.15) is 24.0 Å². The number of aromatic nitrogens is 3. The normalized spacial score (nSPS) is 10.1. The lowest BCUT2D eigenvalue weighted by atomic mass is 10.2. The molecule has 118 valence electrons. The predicted molar refractivity (Wildman–Crippen MR) is 88.9 cm³/mol. The highest BCUT2D eigenvalue weighted by Gasteiger charge is 2.13. The second-order valence-electron chi connectivity index (χ2n) is 4.83. The number of anilines is 1. The Labute approximate surface area is 146 Å². The number of hydrogen-bond donors (Lipinski definition) is 1. The standard InChI is InChI=1S/C15H17N4S.2ClH/c1-3-14-17-7-12(15(16)18-14)8-19-9-13-11(4-5-20-13)6-10(19)2;;/h4-7,9H,3,8H2,1-2H3,(H2,16,17,18);2*1H/q+1;;/p-1. The molecule has 2 N–H and O–H groups in total. The number of halogens is 2. The van der Waals surface area contributed by atoms with Crippen molar-refractivity contribution >= 4 is 39.6 Å². The van der Waals surface area contributed by atoms with Gasteiger partial charge in [-0.2, -0.15) is 4.57 Å². The van der Waals surface area contributed by atoms with Gasteiger partial charge in [-0.1, -0.05) is 6.92 Å². The molecule has 0 bridgehead atoms. The molecule has 0 spiro atoms. The van der Waals surface area contributed by atoms with Crippen LogP contribution in [0.25, 0.3) is 10.1 Å². The molecule has 0 atom stereocenters. The van der Waals surface area contributed by atoms with Crippen LogP contribution in [0, 0.1) is 6.92 Å². The molecule has 0 unspecified atom stereocenters. The maximum absolute atomic E-state index is 6.03. The molecule has 0 aliphatic rings. The first-order chi connectivity index (χ1) is 9.67. The fraction of sp³-hybridized carbons (Fsp3) is 0.267. The number of nitrogens with zero attached hydrogens (tertiary/aromatic N) is 3. The van der Waals surface area contributed by atoms with Gasteiger partial charge in [0.15, 0.2) is 18.4 Å². The number of aryl methyl sites for hydroxylation is 2. The van der Waals surface area contributed by atoms with E-state index in [0.717, 1.165) is 17.8 Å². The molecular weight excluding hydrogens is 339 g/mol. The van der Waals surface area contributed by atoms with Crippen LogP contribution in [0.3, 0.4) is 0 Å². The maximum Gasteiger partial charge on any atom is 0.187 e. The number of nitrogen functional groups attached to an aromatic ring is 1. The number of thiophene rings is 1. The summed E-state index contributed by atoms with van der Waals surface area (Å²) in [4.78, 5) is 8.66. The van der Waals surface area contributed by atoms with E-state index in [1.807, 2.05) is 13.1 Å². The van der Waals surface area contributed by atoms with E-state index in [1.54, 1.807) is 11.3 Å². The summed E-state index contributed by atoms with van der Waals surface area (Å²) >= 11 is 1.75. The summed E-state index contributed by atoms with van der Waals surface area (Å²) < 4.78 is 3.47. The van der Waals surface area contributed by atoms with E-state index in [4.69, 9.17) is 5.73 Å². The molecule has 3 aromatic heterocycles. The van der Waals surface area contributed by atoms with Crippen LogP contribution in [-0.4, -0.2) is 9.97 Å². The molecular formula is C15H18Cl2N4S. The van der Waals surface area contributed by atoms with Crippen LogP contribution in [-0.2, 0) is 13.0 Å². The van der Waals surface area contributed by atoms with Crippen LogP contribution in [0.4, 0.5) is 5.82 Å². The maximum atomic E-state index is 6.03. The van der Waals surface area contributed by atoms with Gasteiger partial charge in [0.2, 0.25) is 0 Å². The summed E-state index contributed by atoms with van der Waals surface area (Å²) in [5, 5.41) is 3.40. The average molecular weight is 357 g/mol. The van der Waals surface area contributed by atoms with Gasteiger partial charge < -0.3 is 18.1 Å². The molecule has 0 aliphatic carbocycles. The Hall–Kier alpha value is -1.43. The Morgan fingerprint density at radius 1 is 1.36 bits per heavy atom. The molecule has 3 heterocycles. The highest BCUT2D eigenvalue weighted by Crippen LogP contribution is 2.19. The summed E-state index contributed by atoms with van der Waals surface area (Å²) in [7, 11) is 0. The predicted octanol–water partition coefficient (Wildman–Crippen LogP) is -0.0941. The number of nitrogens with two attached hydrogens (primary N) is 1. The van der Waals surface area contributed by atoms with Gasteiger partial charge in [-0.25, -0.2) is 9.97 Å². The summed E-state index contributed by atoms with van der Waals surface area (Å²) in [6.45, 7) is 4.84. The molecule has 4 nitrogen and oxygen atoms in total. The Kier molecular flexibility index (Phi) is 6.53. The first-order valence-electron chi connectivity index (χ1n) is 6.65. The molecule has 0 aliphatic heterocycles. The highest BCUT2D eigenvalue weighted by molar-refractivity contribution is 7.17. The zero-order valence-electron chi connectivity index (χ0n) is 12.4. The van der Waals surface area contributed by atoms with Gasteiger partial charge in [0.1, 0.15) is 11.6 Å². The lowest BCUT2D eigenvalue weighted by Gasteiger charge is -2.05. The first kappa shape index (κ1) is 18.6. The third-order valence-electron chi connectivity index (χ3n) is 3.42. The fourth-order valence-electron chi connectivity index (χ4n) is 2.21. The smallest absolute Gasteiger partial charge is 0.187 e. The molecule has 0 saturated carbocycles. The van der Waals surface area contributed by atoms with Crippen molar-refractivity contribution in [2.75, 3.05) is 5.73 Å². The second-order valence-corrected chi connectivity index (χ2v) is 5.78. The minimum Gasteiger partial charge on any atom is -1.00 e. The monoisotopic (exact) mass is 356 g/mol. The van der Waals surface area contributed by atoms with Crippen molar-refractivity contribution in [3.8, 4) is 0 Å². The average Bonchev–Trinajstić information content (AvgIpc) is 2.88. The molecule has 0 radical (unpaired) electrons. The number of rotatable bonds is 3. The van der Waals surface area contributed by atoms with E-state index in [0.29, 0.717) is 12.4 Å². The van der Waals surface area contributed by atoms with Crippen molar-refractivity contribution < 1.29 is 17.0 Å². The lowest BCUT2D eigenvalue weighted by Crippen LogP contribution is -3.00. The first-order valence-corrected chi connectivity index (χ1v) is 7.53. The minimum atomic E-state index is 0. The molecule has 0 aromatic carbocycles. The Bertz CT molecular complexity index is 773. The van der Waals surface area contributed by atoms with Gasteiger partial charge in [-0.3, -0.25) is 0 Å². The van der Waals surface area contributed by atoms with Crippen LogP contribution in [0.5, 0.6) is 0 Å². The molecule has 22 heavy (non-hydrogen) atoms. The van der Waals surface area contributed by atoms with Crippen molar-refractivity contribution in [1.29, 1.82) is 0 Å². The number of fused-ring (bicyclic) bond motifs is 1. The van der Waals surface area contributed by atoms with Gasteiger partial charge in [0.05, 0.1) is 10.3 Å². The van der Waals surface area contributed by atoms with Gasteiger partial charge in [-0.05, 0) is 11.4 Å². The van der Waals surface area contributed by atoms with E-state index in [9.17, 15) is 0 Å². The summed E-state index contributed by atoms with van der Waals surface area (Å²) in [6, 6.07) is 4.34. The number of pyridine rings is 1. The third kappa shape index (κ3) is 3.66. The Morgan fingerprint density at radius 3 is 2.82 bits per heavy atom. The van der Waals surface area contributed by atoms with Crippen LogP contribution in [0.2, 0.25) is 0 Å². The van der Waals surface area contributed by atoms with Crippen LogP contribution < -0.4 is 22.7 Å². The fourth-order valence-corrected chi connectivity index (χ4v) is 3.02. The third-order valence-corrected chi connectivity index (χ3v) is 4.29. The Balaban J connectivity index is 0.00000121. The van der Waals surface area contributed by atoms with Crippen LogP contribution >= 0.6 is 23.7 Å². The summed E-state index contributed by atoms with van der Waals surface area (Å²) in [5.74, 6) is 1.37. The quantitative estimate of drug-likeness (QED) is 0.667. The minimum absolute atomic E-state index is 0. The van der Waals surface area contributed by atoms with Crippen molar-refractivity contribution in [3.63, 3.8) is 0 Å². The molecule has 0 saturated heterocycles. The topological polar surface area (TPSA) is 55.7 Å². The SMILES string of the molecule is CCc1ncc(C[n+]2cc3sccc3cc2C)c(N)n1.Cl.[Cl-]. The van der Waals surface area contributed by atoms with E-state index < -0.39 is 0 Å². The Morgan fingerprint density at radius 2 is 2.14 bits per heavy atom. The zero-order valence-corrected chi connectivity index (χ0v) is 14.8. The van der Waals surface area contributed by atoms with Gasteiger partial charge in [0.25, 0.3) is 0 Å². The zero-order chi connectivity index (χ0) is 14.1. The van der Waals surface area contributed by atoms with E-state index in [2.05, 4.69) is 45.2 Å². The van der Waals surface area contributed by atoms with Gasteiger partial charge in [0, 0.05) is 31.0 Å². The van der Waals surface area contributed by atoms with Gasteiger partial charge >= 0.3 is 0 Å². The van der Waals surface area contributed by atoms with Crippen molar-refractivity contribution in [2.45, 2.75) is 26.8 Å². The van der Waals surface area contributed by atoms with Crippen LogP contribution in [0.15, 0.2) is 29.9 Å². The molecule has 3 aromatic rings. The molecule has 3 rings (SSSR count). The van der Waals surface area contributed by atoms with Crippen molar-refractivity contribution in [2.24, 2.45) is 0 Å². The molecule has 0 fully saturated rings. The molecule has 0 amide bonds. The second kappa shape index (κ2) is 7.72. The van der Waals surface area contributed by atoms with Crippen molar-refractivity contribution in [3.05, 3.63) is 47.0 Å². The highest BCUT2D eigenvalue weighted by atomic mass is 35.5. The number of hydrogen-bond acceptors (Lipinski definition) is 4. The van der Waals surface area contributed by atoms with Crippen molar-refractivity contribution in [1.82, 2.24) is 9.97 Å². The van der Waals surface area contributed by atoms with E-state index >= 15 is 0 Å².